The highest BCUT2D eigenvalue weighted by Crippen LogP contribution is 2.23. The molecule has 0 saturated heterocycles. The van der Waals surface area contributed by atoms with Crippen molar-refractivity contribution in [3.05, 3.63) is 48.0 Å². The van der Waals surface area contributed by atoms with Crippen LogP contribution in [0.4, 0.5) is 0 Å². The molecule has 3 N–H and O–H groups in total. The smallest absolute Gasteiger partial charge is 0.305 e. The Hall–Kier alpha value is -2.89. The van der Waals surface area contributed by atoms with E-state index in [0.717, 1.165) is 29.2 Å². The Bertz CT molecular complexity index is 804. The lowest BCUT2D eigenvalue weighted by atomic mass is 9.99. The van der Waals surface area contributed by atoms with Crippen molar-refractivity contribution >= 4 is 28.6 Å². The Kier molecular flexibility index (Phi) is 7.79. The van der Waals surface area contributed by atoms with Gasteiger partial charge in [-0.15, -0.1) is 0 Å². The predicted octanol–water partition coefficient (Wildman–Crippen LogP) is 3.17. The first kappa shape index (κ1) is 20.4. The van der Waals surface area contributed by atoms with E-state index < -0.39 is 12.0 Å². The number of hydrogen-bond donors (Lipinski definition) is 3. The quantitative estimate of drug-likeness (QED) is 0.560. The van der Waals surface area contributed by atoms with Gasteiger partial charge in [0.15, 0.2) is 0 Å². The molecule has 0 aliphatic heterocycles. The lowest BCUT2D eigenvalue weighted by molar-refractivity contribution is -0.137. The van der Waals surface area contributed by atoms with E-state index in [4.69, 9.17) is 0 Å². The third-order valence-corrected chi connectivity index (χ3v) is 4.34. The summed E-state index contributed by atoms with van der Waals surface area (Å²) in [6.45, 7) is 2.08. The van der Waals surface area contributed by atoms with Gasteiger partial charge in [0.1, 0.15) is 0 Å². The lowest BCUT2D eigenvalue weighted by Crippen LogP contribution is -2.30. The third-order valence-electron chi connectivity index (χ3n) is 4.34. The van der Waals surface area contributed by atoms with Gasteiger partial charge in [0.05, 0.1) is 12.5 Å². The summed E-state index contributed by atoms with van der Waals surface area (Å²) in [5.74, 6) is -1.17. The molecule has 144 valence electrons. The van der Waals surface area contributed by atoms with Crippen molar-refractivity contribution in [2.45, 2.75) is 45.1 Å². The highest BCUT2D eigenvalue weighted by atomic mass is 16.4. The van der Waals surface area contributed by atoms with Crippen molar-refractivity contribution < 1.29 is 19.5 Å². The second kappa shape index (κ2) is 10.3. The second-order valence-corrected chi connectivity index (χ2v) is 6.62. The van der Waals surface area contributed by atoms with Crippen molar-refractivity contribution in [1.29, 1.82) is 0 Å². The summed E-state index contributed by atoms with van der Waals surface area (Å²) in [6, 6.07) is 13.0. The zero-order valence-corrected chi connectivity index (χ0v) is 15.5. The maximum absolute atomic E-state index is 12.2. The van der Waals surface area contributed by atoms with Crippen LogP contribution in [0.3, 0.4) is 0 Å². The fourth-order valence-corrected chi connectivity index (χ4v) is 2.97. The molecule has 2 amide bonds. The van der Waals surface area contributed by atoms with Gasteiger partial charge in [-0.2, -0.15) is 0 Å². The van der Waals surface area contributed by atoms with E-state index in [1.807, 2.05) is 42.5 Å². The molecule has 0 aliphatic carbocycles. The molecular weight excluding hydrogens is 344 g/mol. The van der Waals surface area contributed by atoms with E-state index >= 15 is 0 Å². The minimum absolute atomic E-state index is 0.0559. The van der Waals surface area contributed by atoms with Gasteiger partial charge < -0.3 is 15.7 Å². The summed E-state index contributed by atoms with van der Waals surface area (Å²) in [5.41, 5.74) is 0.787. The van der Waals surface area contributed by atoms with Crippen LogP contribution in [-0.2, 0) is 14.4 Å². The van der Waals surface area contributed by atoms with Gasteiger partial charge in [0.2, 0.25) is 11.8 Å². The van der Waals surface area contributed by atoms with Gasteiger partial charge in [-0.3, -0.25) is 14.4 Å². The molecule has 0 fully saturated rings. The molecule has 0 saturated carbocycles. The predicted molar refractivity (Wildman–Crippen MR) is 104 cm³/mol. The molecule has 0 heterocycles. The Morgan fingerprint density at radius 2 is 1.74 bits per heavy atom. The van der Waals surface area contributed by atoms with E-state index in [0.29, 0.717) is 19.4 Å². The van der Waals surface area contributed by atoms with Crippen molar-refractivity contribution in [3.8, 4) is 0 Å². The highest BCUT2D eigenvalue weighted by Gasteiger charge is 2.18. The Morgan fingerprint density at radius 3 is 2.44 bits per heavy atom. The van der Waals surface area contributed by atoms with E-state index in [-0.39, 0.29) is 18.2 Å². The zero-order chi connectivity index (χ0) is 19.6. The molecule has 6 heteroatoms. The second-order valence-electron chi connectivity index (χ2n) is 6.62. The molecule has 1 atom stereocenters. The van der Waals surface area contributed by atoms with Crippen LogP contribution in [0.25, 0.3) is 10.8 Å². The topological polar surface area (TPSA) is 95.5 Å². The minimum Gasteiger partial charge on any atom is -0.481 e. The van der Waals surface area contributed by atoms with Crippen molar-refractivity contribution in [1.82, 2.24) is 10.6 Å². The number of fused-ring (bicyclic) bond motifs is 1. The van der Waals surface area contributed by atoms with Crippen LogP contribution in [0.1, 0.15) is 50.6 Å². The molecule has 2 aromatic rings. The normalized spacial score (nSPS) is 11.7. The highest BCUT2D eigenvalue weighted by molar-refractivity contribution is 5.84. The molecule has 27 heavy (non-hydrogen) atoms. The Balaban J connectivity index is 1.92. The summed E-state index contributed by atoms with van der Waals surface area (Å²) >= 11 is 0. The minimum atomic E-state index is -0.955. The molecule has 0 aliphatic rings. The Morgan fingerprint density at radius 1 is 1.00 bits per heavy atom. The van der Waals surface area contributed by atoms with Gasteiger partial charge in [0.25, 0.3) is 0 Å². The summed E-state index contributed by atoms with van der Waals surface area (Å²) in [5, 5.41) is 16.9. The molecule has 6 nitrogen and oxygen atoms in total. The molecule has 0 radical (unpaired) electrons. The van der Waals surface area contributed by atoms with Crippen molar-refractivity contribution in [3.63, 3.8) is 0 Å². The summed E-state index contributed by atoms with van der Waals surface area (Å²) in [6.07, 6.45) is 2.52. The molecular formula is C21H26N2O4. The first-order valence-electron chi connectivity index (χ1n) is 9.20. The maximum atomic E-state index is 12.2. The van der Waals surface area contributed by atoms with Gasteiger partial charge in [0, 0.05) is 19.9 Å². The number of unbranched alkanes of at least 4 members (excludes halogenated alkanes) is 2. The van der Waals surface area contributed by atoms with Crippen LogP contribution < -0.4 is 10.6 Å². The van der Waals surface area contributed by atoms with E-state index in [2.05, 4.69) is 10.6 Å². The molecule has 0 unspecified atom stereocenters. The van der Waals surface area contributed by atoms with Crippen LogP contribution >= 0.6 is 0 Å². The average Bonchev–Trinajstić information content (AvgIpc) is 2.63. The lowest BCUT2D eigenvalue weighted by Gasteiger charge is -2.18. The number of carboxylic acid groups (broad SMARTS) is 1. The number of nitrogens with one attached hydrogen (secondary N) is 2. The number of hydrogen-bond acceptors (Lipinski definition) is 3. The molecule has 2 rings (SSSR count). The van der Waals surface area contributed by atoms with Gasteiger partial charge in [-0.05, 0) is 35.2 Å². The van der Waals surface area contributed by atoms with Gasteiger partial charge in [-0.1, -0.05) is 42.8 Å². The number of rotatable bonds is 10. The number of carbonyl (C=O) groups excluding carboxylic acids is 2. The number of amides is 2. The largest absolute Gasteiger partial charge is 0.481 e. The summed E-state index contributed by atoms with van der Waals surface area (Å²) in [4.78, 5) is 34.3. The molecule has 0 aromatic heterocycles. The molecule has 0 spiro atoms. The zero-order valence-electron chi connectivity index (χ0n) is 15.5. The number of carboxylic acids is 1. The fraction of sp³-hybridized carbons (Fsp3) is 0.381. The van der Waals surface area contributed by atoms with Crippen LogP contribution in [0.15, 0.2) is 42.5 Å². The average molecular weight is 370 g/mol. The van der Waals surface area contributed by atoms with Gasteiger partial charge >= 0.3 is 5.97 Å². The number of aliphatic carboxylic acids is 1. The maximum Gasteiger partial charge on any atom is 0.305 e. The van der Waals surface area contributed by atoms with Crippen molar-refractivity contribution in [2.24, 2.45) is 0 Å². The van der Waals surface area contributed by atoms with Gasteiger partial charge in [-0.25, -0.2) is 0 Å². The van der Waals surface area contributed by atoms with E-state index in [1.165, 1.54) is 6.92 Å². The monoisotopic (exact) mass is 370 g/mol. The van der Waals surface area contributed by atoms with Crippen LogP contribution in [0.5, 0.6) is 0 Å². The summed E-state index contributed by atoms with van der Waals surface area (Å²) < 4.78 is 0. The van der Waals surface area contributed by atoms with E-state index in [9.17, 15) is 19.5 Å². The fourth-order valence-electron chi connectivity index (χ4n) is 2.97. The third kappa shape index (κ3) is 7.09. The Labute approximate surface area is 159 Å². The first-order chi connectivity index (χ1) is 13.0. The van der Waals surface area contributed by atoms with Crippen molar-refractivity contribution in [2.75, 3.05) is 6.54 Å². The van der Waals surface area contributed by atoms with Crippen LogP contribution in [-0.4, -0.2) is 29.4 Å². The van der Waals surface area contributed by atoms with Crippen LogP contribution in [0.2, 0.25) is 0 Å². The molecule has 0 bridgehead atoms. The SMILES string of the molecule is CC(=O)NCCCCCC(=O)N[C@@H](CC(=O)O)c1ccc2ccccc2c1. The summed E-state index contributed by atoms with van der Waals surface area (Å²) in [7, 11) is 0. The number of carbonyl (C=O) groups is 3. The standard InChI is InChI=1S/C21H26N2O4/c1-15(24)22-12-6-2-3-9-20(25)23-19(14-21(26)27)18-11-10-16-7-4-5-8-17(16)13-18/h4-5,7-8,10-11,13,19H,2-3,6,9,12,14H2,1H3,(H,22,24)(H,23,25)(H,26,27)/t19-/m0/s1. The molecule has 2 aromatic carbocycles. The first-order valence-corrected chi connectivity index (χ1v) is 9.20. The van der Waals surface area contributed by atoms with E-state index in [1.54, 1.807) is 0 Å². The number of benzene rings is 2. The van der Waals surface area contributed by atoms with Crippen LogP contribution in [0, 0.1) is 0 Å².